The Hall–Kier alpha value is -1.84. The van der Waals surface area contributed by atoms with Gasteiger partial charge in [-0.3, -0.25) is 0 Å². The number of hydrogen-bond donors (Lipinski definition) is 1. The van der Waals surface area contributed by atoms with E-state index in [0.717, 1.165) is 31.4 Å². The number of hydrogen-bond acceptors (Lipinski definition) is 1. The zero-order valence-electron chi connectivity index (χ0n) is 15.3. The Bertz CT molecular complexity index is 941. The highest BCUT2D eigenvalue weighted by Crippen LogP contribution is 2.35. The average Bonchev–Trinajstić information content (AvgIpc) is 2.77. The molecule has 136 valence electrons. The lowest BCUT2D eigenvalue weighted by Gasteiger charge is -2.24. The molecule has 4 rings (SSSR count). The van der Waals surface area contributed by atoms with Crippen molar-refractivity contribution in [1.82, 2.24) is 9.88 Å². The van der Waals surface area contributed by atoms with Crippen LogP contribution < -0.4 is 5.32 Å². The molecule has 0 saturated heterocycles. The topological polar surface area (TPSA) is 17.0 Å². The molecule has 0 spiro atoms. The molecule has 0 aliphatic carbocycles. The molecule has 3 aromatic rings. The molecule has 1 aliphatic heterocycles. The number of aromatic nitrogens is 1. The third-order valence-corrected chi connectivity index (χ3v) is 5.69. The van der Waals surface area contributed by atoms with Crippen molar-refractivity contribution in [3.8, 4) is 0 Å². The van der Waals surface area contributed by atoms with Crippen LogP contribution in [-0.2, 0) is 25.1 Å². The van der Waals surface area contributed by atoms with Crippen molar-refractivity contribution in [2.75, 3.05) is 13.1 Å². The monoisotopic (exact) mass is 370 g/mol. The smallest absolute Gasteiger partial charge is 0.151 e. The van der Waals surface area contributed by atoms with Crippen LogP contribution >= 0.6 is 11.6 Å². The molecule has 1 aliphatic rings. The minimum absolute atomic E-state index is 0.309. The van der Waals surface area contributed by atoms with E-state index < -0.39 is 5.67 Å². The molecule has 0 fully saturated rings. The maximum absolute atomic E-state index is 15.7. The summed E-state index contributed by atoms with van der Waals surface area (Å²) >= 11 is 5.98. The Balaban J connectivity index is 1.83. The van der Waals surface area contributed by atoms with Gasteiger partial charge in [0.2, 0.25) is 0 Å². The summed E-state index contributed by atoms with van der Waals surface area (Å²) in [5.41, 5.74) is 4.23. The van der Waals surface area contributed by atoms with E-state index >= 15 is 4.39 Å². The molecule has 1 N–H and O–H groups in total. The van der Waals surface area contributed by atoms with Gasteiger partial charge in [0.25, 0.3) is 0 Å². The summed E-state index contributed by atoms with van der Waals surface area (Å²) in [6, 6.07) is 13.6. The Morgan fingerprint density at radius 3 is 2.62 bits per heavy atom. The number of rotatable bonds is 3. The summed E-state index contributed by atoms with van der Waals surface area (Å²) in [5.74, 6) is 0. The van der Waals surface area contributed by atoms with Gasteiger partial charge in [-0.05, 0) is 62.2 Å². The minimum atomic E-state index is -1.46. The lowest BCUT2D eigenvalue weighted by atomic mass is 9.97. The second-order valence-electron chi connectivity index (χ2n) is 7.49. The first-order valence-electron chi connectivity index (χ1n) is 9.22. The summed E-state index contributed by atoms with van der Waals surface area (Å²) in [7, 11) is 0. The molecule has 1 atom stereocenters. The highest BCUT2D eigenvalue weighted by atomic mass is 35.5. The van der Waals surface area contributed by atoms with Crippen molar-refractivity contribution >= 4 is 22.5 Å². The molecule has 2 aromatic carbocycles. The molecule has 4 heteroatoms. The summed E-state index contributed by atoms with van der Waals surface area (Å²) in [6.07, 6.45) is 1.92. The SMILES string of the molecule is Cc1ccc2c(c1)c1c(n2CC(C)(F)c2ccc(Cl)cc2)CCNCC1. The molecule has 0 amide bonds. The number of alkyl halides is 1. The predicted octanol–water partition coefficient (Wildman–Crippen LogP) is 5.18. The van der Waals surface area contributed by atoms with E-state index in [2.05, 4.69) is 35.0 Å². The van der Waals surface area contributed by atoms with Crippen molar-refractivity contribution in [2.24, 2.45) is 0 Å². The van der Waals surface area contributed by atoms with E-state index in [1.807, 2.05) is 0 Å². The number of fused-ring (bicyclic) bond motifs is 3. The van der Waals surface area contributed by atoms with Crippen LogP contribution in [0, 0.1) is 6.92 Å². The normalized spacial score (nSPS) is 16.9. The van der Waals surface area contributed by atoms with E-state index in [1.54, 1.807) is 31.2 Å². The summed E-state index contributed by atoms with van der Waals surface area (Å²) in [6.45, 7) is 6.00. The fourth-order valence-electron chi connectivity index (χ4n) is 4.07. The van der Waals surface area contributed by atoms with E-state index in [-0.39, 0.29) is 0 Å². The highest BCUT2D eigenvalue weighted by Gasteiger charge is 2.29. The first kappa shape index (κ1) is 17.6. The number of nitrogens with one attached hydrogen (secondary N) is 1. The van der Waals surface area contributed by atoms with Crippen LogP contribution in [0.3, 0.4) is 0 Å². The molecule has 0 bridgehead atoms. The highest BCUT2D eigenvalue weighted by molar-refractivity contribution is 6.30. The lowest BCUT2D eigenvalue weighted by molar-refractivity contribution is 0.162. The molecule has 26 heavy (non-hydrogen) atoms. The van der Waals surface area contributed by atoms with E-state index in [4.69, 9.17) is 11.6 Å². The van der Waals surface area contributed by atoms with Gasteiger partial charge in [-0.1, -0.05) is 35.4 Å². The zero-order valence-corrected chi connectivity index (χ0v) is 16.0. The van der Waals surface area contributed by atoms with Crippen molar-refractivity contribution in [1.29, 1.82) is 0 Å². The van der Waals surface area contributed by atoms with E-state index in [1.165, 1.54) is 22.2 Å². The van der Waals surface area contributed by atoms with Crippen molar-refractivity contribution in [3.05, 3.63) is 69.9 Å². The number of benzene rings is 2. The van der Waals surface area contributed by atoms with E-state index in [0.29, 0.717) is 17.1 Å². The van der Waals surface area contributed by atoms with Gasteiger partial charge in [-0.15, -0.1) is 0 Å². The quantitative estimate of drug-likeness (QED) is 0.672. The van der Waals surface area contributed by atoms with Crippen LogP contribution in [0.25, 0.3) is 10.9 Å². The van der Waals surface area contributed by atoms with Crippen molar-refractivity contribution in [3.63, 3.8) is 0 Å². The van der Waals surface area contributed by atoms with Crippen LogP contribution in [0.2, 0.25) is 5.02 Å². The molecule has 2 heterocycles. The van der Waals surface area contributed by atoms with Gasteiger partial charge >= 0.3 is 0 Å². The van der Waals surface area contributed by atoms with Crippen LogP contribution in [0.5, 0.6) is 0 Å². The minimum Gasteiger partial charge on any atom is -0.341 e. The van der Waals surface area contributed by atoms with Crippen LogP contribution in [0.1, 0.15) is 29.3 Å². The standard InChI is InChI=1S/C22H24ClFN2/c1-15-3-8-20-19(13-15)18-9-11-25-12-10-21(18)26(20)14-22(2,24)16-4-6-17(23)7-5-16/h3-8,13,25H,9-12,14H2,1-2H3. The van der Waals surface area contributed by atoms with Crippen LogP contribution in [-0.4, -0.2) is 17.7 Å². The van der Waals surface area contributed by atoms with Gasteiger partial charge in [0.1, 0.15) is 0 Å². The zero-order chi connectivity index (χ0) is 18.3. The third kappa shape index (κ3) is 3.15. The van der Waals surface area contributed by atoms with Gasteiger partial charge in [0.15, 0.2) is 5.67 Å². The molecule has 0 radical (unpaired) electrons. The number of halogens is 2. The molecule has 0 saturated carbocycles. The maximum Gasteiger partial charge on any atom is 0.151 e. The van der Waals surface area contributed by atoms with Gasteiger partial charge < -0.3 is 9.88 Å². The van der Waals surface area contributed by atoms with Gasteiger partial charge in [-0.25, -0.2) is 4.39 Å². The van der Waals surface area contributed by atoms with Gasteiger partial charge in [0, 0.05) is 34.6 Å². The largest absolute Gasteiger partial charge is 0.341 e. The molecular formula is C22H24ClFN2. The Kier molecular flexibility index (Phi) is 4.54. The fourth-order valence-corrected chi connectivity index (χ4v) is 4.19. The summed E-state index contributed by atoms with van der Waals surface area (Å²) < 4.78 is 17.9. The maximum atomic E-state index is 15.7. The average molecular weight is 371 g/mol. The summed E-state index contributed by atoms with van der Waals surface area (Å²) in [4.78, 5) is 0. The van der Waals surface area contributed by atoms with Crippen LogP contribution in [0.4, 0.5) is 4.39 Å². The fraction of sp³-hybridized carbons (Fsp3) is 0.364. The Morgan fingerprint density at radius 2 is 1.85 bits per heavy atom. The summed E-state index contributed by atoms with van der Waals surface area (Å²) in [5, 5.41) is 5.37. The second kappa shape index (κ2) is 6.71. The van der Waals surface area contributed by atoms with E-state index in [9.17, 15) is 0 Å². The van der Waals surface area contributed by atoms with Crippen molar-refractivity contribution in [2.45, 2.75) is 38.9 Å². The lowest BCUT2D eigenvalue weighted by Crippen LogP contribution is -2.24. The second-order valence-corrected chi connectivity index (χ2v) is 7.92. The molecular weight excluding hydrogens is 347 g/mol. The Morgan fingerprint density at radius 1 is 1.12 bits per heavy atom. The Labute approximate surface area is 159 Å². The molecule has 1 aromatic heterocycles. The van der Waals surface area contributed by atoms with Crippen LogP contribution in [0.15, 0.2) is 42.5 Å². The third-order valence-electron chi connectivity index (χ3n) is 5.43. The number of aryl methyl sites for hydroxylation is 1. The van der Waals surface area contributed by atoms with Gasteiger partial charge in [0.05, 0.1) is 6.54 Å². The molecule has 2 nitrogen and oxygen atoms in total. The predicted molar refractivity (Wildman–Crippen MR) is 107 cm³/mol. The molecule has 1 unspecified atom stereocenters. The number of nitrogens with zero attached hydrogens (tertiary/aromatic N) is 1. The van der Waals surface area contributed by atoms with Gasteiger partial charge in [-0.2, -0.15) is 0 Å². The van der Waals surface area contributed by atoms with Crippen molar-refractivity contribution < 1.29 is 4.39 Å². The first-order chi connectivity index (χ1) is 12.5. The first-order valence-corrected chi connectivity index (χ1v) is 9.60.